The topological polar surface area (TPSA) is 71.0 Å². The number of alkyl halides is 1. The number of hydrogen-bond donors (Lipinski definition) is 1. The summed E-state index contributed by atoms with van der Waals surface area (Å²) in [5.74, 6) is 0.0888. The van der Waals surface area contributed by atoms with Gasteiger partial charge in [-0.25, -0.2) is 4.39 Å². The monoisotopic (exact) mass is 393 g/mol. The van der Waals surface area contributed by atoms with Crippen molar-refractivity contribution in [3.63, 3.8) is 0 Å². The van der Waals surface area contributed by atoms with Crippen molar-refractivity contribution in [2.45, 2.75) is 25.3 Å². The van der Waals surface area contributed by atoms with Crippen LogP contribution in [-0.4, -0.2) is 58.1 Å². The van der Waals surface area contributed by atoms with Gasteiger partial charge in [0.05, 0.1) is 24.0 Å². The van der Waals surface area contributed by atoms with Gasteiger partial charge in [0.2, 0.25) is 5.91 Å². The van der Waals surface area contributed by atoms with E-state index in [1.807, 2.05) is 29.3 Å². The summed E-state index contributed by atoms with van der Waals surface area (Å²) in [5, 5.41) is 5.23. The molecule has 2 aromatic heterocycles. The smallest absolute Gasteiger partial charge is 0.228 e. The van der Waals surface area contributed by atoms with Crippen molar-refractivity contribution < 1.29 is 9.18 Å². The lowest BCUT2D eigenvalue weighted by molar-refractivity contribution is -0.131. The lowest BCUT2D eigenvalue weighted by atomic mass is 10.0. The second kappa shape index (κ2) is 9.05. The van der Waals surface area contributed by atoms with E-state index < -0.39 is 0 Å². The lowest BCUT2D eigenvalue weighted by Gasteiger charge is -2.32. The Morgan fingerprint density at radius 2 is 1.97 bits per heavy atom. The SMILES string of the molecule is O=C(Cc1cc2cc(-c3cnccn3)ccc2cn1)N1CCC(NCCF)CC1. The van der Waals surface area contributed by atoms with E-state index >= 15 is 0 Å². The molecule has 29 heavy (non-hydrogen) atoms. The molecular weight excluding hydrogens is 369 g/mol. The van der Waals surface area contributed by atoms with Gasteiger partial charge in [-0.05, 0) is 30.4 Å². The number of piperidine rings is 1. The predicted molar refractivity (Wildman–Crippen MR) is 110 cm³/mol. The summed E-state index contributed by atoms with van der Waals surface area (Å²) in [6.45, 7) is 1.43. The first-order chi connectivity index (χ1) is 14.2. The van der Waals surface area contributed by atoms with Gasteiger partial charge in [0.25, 0.3) is 0 Å². The van der Waals surface area contributed by atoms with Crippen LogP contribution < -0.4 is 5.32 Å². The molecule has 4 rings (SSSR count). The molecule has 0 aliphatic carbocycles. The van der Waals surface area contributed by atoms with Crippen molar-refractivity contribution in [2.24, 2.45) is 0 Å². The van der Waals surface area contributed by atoms with Crippen LogP contribution >= 0.6 is 0 Å². The Morgan fingerprint density at radius 1 is 1.10 bits per heavy atom. The first-order valence-electron chi connectivity index (χ1n) is 9.95. The average molecular weight is 393 g/mol. The average Bonchev–Trinajstić information content (AvgIpc) is 2.78. The fraction of sp³-hybridized carbons (Fsp3) is 0.364. The second-order valence-corrected chi connectivity index (χ2v) is 7.30. The second-order valence-electron chi connectivity index (χ2n) is 7.30. The molecular formula is C22H24FN5O. The van der Waals surface area contributed by atoms with Crippen LogP contribution in [0, 0.1) is 0 Å². The Bertz CT molecular complexity index is 973. The Hall–Kier alpha value is -2.93. The highest BCUT2D eigenvalue weighted by Crippen LogP contribution is 2.23. The van der Waals surface area contributed by atoms with Crippen LogP contribution in [-0.2, 0) is 11.2 Å². The van der Waals surface area contributed by atoms with E-state index in [2.05, 4.69) is 26.3 Å². The van der Waals surface area contributed by atoms with E-state index in [-0.39, 0.29) is 19.0 Å². The van der Waals surface area contributed by atoms with Gasteiger partial charge in [-0.3, -0.25) is 19.7 Å². The Kier molecular flexibility index (Phi) is 6.05. The van der Waals surface area contributed by atoms with Crippen LogP contribution in [0.5, 0.6) is 0 Å². The number of halogens is 1. The van der Waals surface area contributed by atoms with Crippen molar-refractivity contribution in [1.29, 1.82) is 0 Å². The third-order valence-electron chi connectivity index (χ3n) is 5.34. The van der Waals surface area contributed by atoms with E-state index in [0.717, 1.165) is 40.6 Å². The van der Waals surface area contributed by atoms with Crippen molar-refractivity contribution in [1.82, 2.24) is 25.2 Å². The van der Waals surface area contributed by atoms with Crippen LogP contribution in [0.1, 0.15) is 18.5 Å². The standard InChI is InChI=1S/C22H24FN5O/c23-5-6-25-19-3-9-28(10-4-19)22(29)13-20-12-18-11-16(1-2-17(18)14-27-20)21-15-24-7-8-26-21/h1-2,7-8,11-12,14-15,19,25H,3-6,9-10,13H2. The van der Waals surface area contributed by atoms with Crippen molar-refractivity contribution in [3.05, 3.63) is 54.7 Å². The molecule has 1 amide bonds. The number of hydrogen-bond acceptors (Lipinski definition) is 5. The molecule has 1 N–H and O–H groups in total. The molecule has 0 atom stereocenters. The summed E-state index contributed by atoms with van der Waals surface area (Å²) in [7, 11) is 0. The first-order valence-corrected chi connectivity index (χ1v) is 9.95. The summed E-state index contributed by atoms with van der Waals surface area (Å²) >= 11 is 0. The van der Waals surface area contributed by atoms with Gasteiger partial charge < -0.3 is 10.2 Å². The normalized spacial score (nSPS) is 15.0. The van der Waals surface area contributed by atoms with Crippen molar-refractivity contribution >= 4 is 16.7 Å². The molecule has 0 bridgehead atoms. The highest BCUT2D eigenvalue weighted by atomic mass is 19.1. The molecule has 1 aromatic carbocycles. The maximum Gasteiger partial charge on any atom is 0.228 e. The van der Waals surface area contributed by atoms with Gasteiger partial charge in [-0.15, -0.1) is 0 Å². The summed E-state index contributed by atoms with van der Waals surface area (Å²) in [5.41, 5.74) is 2.56. The number of carbonyl (C=O) groups is 1. The number of benzene rings is 1. The summed E-state index contributed by atoms with van der Waals surface area (Å²) in [6, 6.07) is 8.33. The zero-order chi connectivity index (χ0) is 20.1. The Morgan fingerprint density at radius 3 is 2.72 bits per heavy atom. The number of nitrogens with zero attached hydrogens (tertiary/aromatic N) is 4. The van der Waals surface area contributed by atoms with E-state index in [4.69, 9.17) is 0 Å². The minimum atomic E-state index is -0.356. The van der Waals surface area contributed by atoms with E-state index in [9.17, 15) is 9.18 Å². The number of amides is 1. The quantitative estimate of drug-likeness (QED) is 0.697. The number of nitrogens with one attached hydrogen (secondary N) is 1. The number of aromatic nitrogens is 3. The largest absolute Gasteiger partial charge is 0.342 e. The lowest BCUT2D eigenvalue weighted by Crippen LogP contribution is -2.45. The van der Waals surface area contributed by atoms with Gasteiger partial charge in [0, 0.05) is 55.2 Å². The van der Waals surface area contributed by atoms with Crippen LogP contribution in [0.15, 0.2) is 49.1 Å². The molecule has 6 nitrogen and oxygen atoms in total. The van der Waals surface area contributed by atoms with E-state index in [1.165, 1.54) is 0 Å². The molecule has 1 aliphatic heterocycles. The highest BCUT2D eigenvalue weighted by molar-refractivity contribution is 5.87. The zero-order valence-corrected chi connectivity index (χ0v) is 16.2. The fourth-order valence-corrected chi connectivity index (χ4v) is 3.75. The number of fused-ring (bicyclic) bond motifs is 1. The fourth-order valence-electron chi connectivity index (χ4n) is 3.75. The molecule has 1 aliphatic rings. The van der Waals surface area contributed by atoms with Crippen molar-refractivity contribution in [3.8, 4) is 11.3 Å². The van der Waals surface area contributed by atoms with Crippen LogP contribution in [0.3, 0.4) is 0 Å². The molecule has 0 spiro atoms. The number of likely N-dealkylation sites (tertiary alicyclic amines) is 1. The predicted octanol–water partition coefficient (Wildman–Crippen LogP) is 2.78. The van der Waals surface area contributed by atoms with Crippen molar-refractivity contribution in [2.75, 3.05) is 26.3 Å². The molecule has 0 unspecified atom stereocenters. The molecule has 0 radical (unpaired) electrons. The third-order valence-corrected chi connectivity index (χ3v) is 5.34. The van der Waals surface area contributed by atoms with Crippen LogP contribution in [0.2, 0.25) is 0 Å². The Labute approximate surface area is 169 Å². The van der Waals surface area contributed by atoms with Gasteiger partial charge in [-0.2, -0.15) is 0 Å². The highest BCUT2D eigenvalue weighted by Gasteiger charge is 2.22. The molecule has 0 saturated carbocycles. The first kappa shape index (κ1) is 19.4. The number of rotatable bonds is 6. The zero-order valence-electron chi connectivity index (χ0n) is 16.2. The summed E-state index contributed by atoms with van der Waals surface area (Å²) in [6.07, 6.45) is 8.87. The van der Waals surface area contributed by atoms with Crippen LogP contribution in [0.25, 0.3) is 22.0 Å². The Balaban J connectivity index is 1.43. The van der Waals surface area contributed by atoms with Gasteiger partial charge in [0.15, 0.2) is 0 Å². The maximum atomic E-state index is 12.7. The minimum absolute atomic E-state index is 0.0888. The van der Waals surface area contributed by atoms with Gasteiger partial charge in [-0.1, -0.05) is 12.1 Å². The van der Waals surface area contributed by atoms with Gasteiger partial charge in [0.1, 0.15) is 6.67 Å². The number of carbonyl (C=O) groups excluding carboxylic acids is 1. The molecule has 150 valence electrons. The summed E-state index contributed by atoms with van der Waals surface area (Å²) < 4.78 is 12.3. The molecule has 1 fully saturated rings. The number of pyridine rings is 1. The van der Waals surface area contributed by atoms with E-state index in [0.29, 0.717) is 25.7 Å². The molecule has 3 aromatic rings. The maximum absolute atomic E-state index is 12.7. The molecule has 1 saturated heterocycles. The third kappa shape index (κ3) is 4.74. The van der Waals surface area contributed by atoms with E-state index in [1.54, 1.807) is 18.6 Å². The minimum Gasteiger partial charge on any atom is -0.342 e. The van der Waals surface area contributed by atoms with Crippen LogP contribution in [0.4, 0.5) is 4.39 Å². The molecule has 3 heterocycles. The molecule has 7 heteroatoms. The summed E-state index contributed by atoms with van der Waals surface area (Å²) in [4.78, 5) is 27.5. The van der Waals surface area contributed by atoms with Gasteiger partial charge >= 0.3 is 0 Å².